The smallest absolute Gasteiger partial charge is 0.272 e. The number of ether oxygens (including phenoxy) is 1. The Morgan fingerprint density at radius 1 is 1.16 bits per heavy atom. The van der Waals surface area contributed by atoms with E-state index in [0.29, 0.717) is 27.2 Å². The molecule has 0 unspecified atom stereocenters. The molecule has 0 spiro atoms. The summed E-state index contributed by atoms with van der Waals surface area (Å²) in [5.74, 6) is 0.637. The van der Waals surface area contributed by atoms with Gasteiger partial charge in [0.25, 0.3) is 5.91 Å². The molecule has 2 aromatic heterocycles. The largest absolute Gasteiger partial charge is 0.438 e. The molecule has 25 heavy (non-hydrogen) atoms. The topological polar surface area (TPSA) is 56.1 Å². The molecule has 0 radical (unpaired) electrons. The Bertz CT molecular complexity index is 921. The quantitative estimate of drug-likeness (QED) is 0.691. The Labute approximate surface area is 155 Å². The summed E-state index contributed by atoms with van der Waals surface area (Å²) in [7, 11) is 1.85. The monoisotopic (exact) mass is 375 g/mol. The average Bonchev–Trinajstić information content (AvgIpc) is 2.91. The van der Waals surface area contributed by atoms with Gasteiger partial charge in [0, 0.05) is 24.6 Å². The zero-order valence-electron chi connectivity index (χ0n) is 13.6. The summed E-state index contributed by atoms with van der Waals surface area (Å²) in [6, 6.07) is 12.2. The summed E-state index contributed by atoms with van der Waals surface area (Å²) in [6.07, 6.45) is 1.46. The van der Waals surface area contributed by atoms with E-state index >= 15 is 0 Å². The highest BCUT2D eigenvalue weighted by Crippen LogP contribution is 2.29. The van der Waals surface area contributed by atoms with Crippen LogP contribution >= 0.6 is 23.2 Å². The molecule has 0 aliphatic heterocycles. The predicted octanol–water partition coefficient (Wildman–Crippen LogP) is 5.08. The maximum atomic E-state index is 12.3. The Kier molecular flexibility index (Phi) is 4.97. The van der Waals surface area contributed by atoms with Crippen LogP contribution in [0.3, 0.4) is 0 Å². The van der Waals surface area contributed by atoms with Crippen molar-refractivity contribution in [3.05, 3.63) is 70.1 Å². The fourth-order valence-electron chi connectivity index (χ4n) is 2.23. The van der Waals surface area contributed by atoms with Gasteiger partial charge < -0.3 is 14.6 Å². The molecule has 3 aromatic rings. The third-order valence-corrected chi connectivity index (χ3v) is 4.18. The molecule has 1 N–H and O–H groups in total. The Morgan fingerprint density at radius 2 is 1.88 bits per heavy atom. The second kappa shape index (κ2) is 7.17. The first-order valence-corrected chi connectivity index (χ1v) is 8.22. The molecular weight excluding hydrogens is 361 g/mol. The summed E-state index contributed by atoms with van der Waals surface area (Å²) in [5, 5.41) is 3.61. The molecule has 0 fully saturated rings. The van der Waals surface area contributed by atoms with Gasteiger partial charge in [-0.05, 0) is 49.4 Å². The van der Waals surface area contributed by atoms with E-state index in [4.69, 9.17) is 27.9 Å². The minimum atomic E-state index is -0.174. The number of amides is 1. The summed E-state index contributed by atoms with van der Waals surface area (Å²) < 4.78 is 7.45. The highest BCUT2D eigenvalue weighted by molar-refractivity contribution is 6.35. The van der Waals surface area contributed by atoms with Crippen LogP contribution in [-0.2, 0) is 7.05 Å². The number of pyridine rings is 1. The van der Waals surface area contributed by atoms with Gasteiger partial charge in [-0.25, -0.2) is 4.98 Å². The van der Waals surface area contributed by atoms with Crippen LogP contribution < -0.4 is 10.1 Å². The second-order valence-electron chi connectivity index (χ2n) is 5.44. The third-order valence-electron chi connectivity index (χ3n) is 3.71. The molecular formula is C18H15Cl2N3O2. The molecule has 128 valence electrons. The Balaban J connectivity index is 1.70. The molecule has 0 atom stereocenters. The number of anilines is 1. The maximum Gasteiger partial charge on any atom is 0.272 e. The van der Waals surface area contributed by atoms with Crippen LogP contribution in [0, 0.1) is 6.92 Å². The van der Waals surface area contributed by atoms with Crippen molar-refractivity contribution in [1.29, 1.82) is 0 Å². The number of rotatable bonds is 4. The van der Waals surface area contributed by atoms with Gasteiger partial charge in [0.1, 0.15) is 16.5 Å². The summed E-state index contributed by atoms with van der Waals surface area (Å²) in [4.78, 5) is 16.3. The standard InChI is InChI=1S/C18H15Cl2N3O2/c1-11-3-8-16(23(11)2)17(24)22-13-4-6-14(7-5-13)25-18-15(20)9-12(19)10-21-18/h3-10H,1-2H3,(H,22,24). The highest BCUT2D eigenvalue weighted by atomic mass is 35.5. The molecule has 3 rings (SSSR count). The zero-order chi connectivity index (χ0) is 18.0. The van der Waals surface area contributed by atoms with Crippen molar-refractivity contribution in [2.24, 2.45) is 7.05 Å². The first kappa shape index (κ1) is 17.3. The fourth-order valence-corrected chi connectivity index (χ4v) is 2.65. The van der Waals surface area contributed by atoms with Crippen molar-refractivity contribution in [3.8, 4) is 11.6 Å². The molecule has 0 bridgehead atoms. The van der Waals surface area contributed by atoms with Gasteiger partial charge in [0.2, 0.25) is 5.88 Å². The van der Waals surface area contributed by atoms with Gasteiger partial charge in [-0.1, -0.05) is 23.2 Å². The van der Waals surface area contributed by atoms with E-state index in [0.717, 1.165) is 5.69 Å². The Hall–Kier alpha value is -2.50. The van der Waals surface area contributed by atoms with Gasteiger partial charge in [0.15, 0.2) is 0 Å². The van der Waals surface area contributed by atoms with Gasteiger partial charge >= 0.3 is 0 Å². The number of carbonyl (C=O) groups excluding carboxylic acids is 1. The van der Waals surface area contributed by atoms with Crippen LogP contribution in [0.4, 0.5) is 5.69 Å². The summed E-state index contributed by atoms with van der Waals surface area (Å²) >= 11 is 11.8. The van der Waals surface area contributed by atoms with Crippen molar-refractivity contribution in [1.82, 2.24) is 9.55 Å². The molecule has 0 aliphatic carbocycles. The number of aryl methyl sites for hydroxylation is 1. The average molecular weight is 376 g/mol. The molecule has 0 saturated heterocycles. The molecule has 7 heteroatoms. The number of carbonyl (C=O) groups is 1. The third kappa shape index (κ3) is 3.95. The molecule has 5 nitrogen and oxygen atoms in total. The maximum absolute atomic E-state index is 12.3. The first-order valence-electron chi connectivity index (χ1n) is 7.46. The van der Waals surface area contributed by atoms with Crippen molar-refractivity contribution in [3.63, 3.8) is 0 Å². The molecule has 0 aliphatic rings. The number of hydrogen-bond acceptors (Lipinski definition) is 3. The van der Waals surface area contributed by atoms with E-state index in [-0.39, 0.29) is 11.8 Å². The van der Waals surface area contributed by atoms with Crippen molar-refractivity contribution in [2.45, 2.75) is 6.92 Å². The molecule has 0 saturated carbocycles. The lowest BCUT2D eigenvalue weighted by Crippen LogP contribution is -2.15. The lowest BCUT2D eigenvalue weighted by Gasteiger charge is -2.09. The van der Waals surface area contributed by atoms with Gasteiger partial charge in [-0.3, -0.25) is 4.79 Å². The van der Waals surface area contributed by atoms with E-state index < -0.39 is 0 Å². The molecule has 1 aromatic carbocycles. The SMILES string of the molecule is Cc1ccc(C(=O)Nc2ccc(Oc3ncc(Cl)cc3Cl)cc2)n1C. The summed E-state index contributed by atoms with van der Waals surface area (Å²) in [6.45, 7) is 1.94. The van der Waals surface area contributed by atoms with E-state index in [1.54, 1.807) is 36.4 Å². The minimum Gasteiger partial charge on any atom is -0.438 e. The highest BCUT2D eigenvalue weighted by Gasteiger charge is 2.11. The van der Waals surface area contributed by atoms with Crippen molar-refractivity contribution in [2.75, 3.05) is 5.32 Å². The van der Waals surface area contributed by atoms with E-state index in [2.05, 4.69) is 10.3 Å². The normalized spacial score (nSPS) is 10.6. The van der Waals surface area contributed by atoms with Crippen LogP contribution in [0.15, 0.2) is 48.7 Å². The number of hydrogen-bond donors (Lipinski definition) is 1. The minimum absolute atomic E-state index is 0.174. The van der Waals surface area contributed by atoms with Crippen LogP contribution in [0.5, 0.6) is 11.6 Å². The number of aromatic nitrogens is 2. The number of halogens is 2. The Morgan fingerprint density at radius 3 is 2.48 bits per heavy atom. The van der Waals surface area contributed by atoms with Crippen LogP contribution in [0.1, 0.15) is 16.2 Å². The number of nitrogens with one attached hydrogen (secondary N) is 1. The van der Waals surface area contributed by atoms with Crippen molar-refractivity contribution < 1.29 is 9.53 Å². The number of benzene rings is 1. The summed E-state index contributed by atoms with van der Waals surface area (Å²) in [5.41, 5.74) is 2.27. The lowest BCUT2D eigenvalue weighted by molar-refractivity contribution is 0.101. The molecule has 1 amide bonds. The first-order chi connectivity index (χ1) is 11.9. The second-order valence-corrected chi connectivity index (χ2v) is 6.28. The van der Waals surface area contributed by atoms with Gasteiger partial charge in [0.05, 0.1) is 5.02 Å². The lowest BCUT2D eigenvalue weighted by atomic mass is 10.3. The molecule has 2 heterocycles. The predicted molar refractivity (Wildman–Crippen MR) is 98.9 cm³/mol. The van der Waals surface area contributed by atoms with E-state index in [1.165, 1.54) is 6.20 Å². The fraction of sp³-hybridized carbons (Fsp3) is 0.111. The van der Waals surface area contributed by atoms with Crippen LogP contribution in [-0.4, -0.2) is 15.5 Å². The van der Waals surface area contributed by atoms with E-state index in [1.807, 2.05) is 24.6 Å². The van der Waals surface area contributed by atoms with Crippen LogP contribution in [0.2, 0.25) is 10.0 Å². The number of nitrogens with zero attached hydrogens (tertiary/aromatic N) is 2. The van der Waals surface area contributed by atoms with Gasteiger partial charge in [-0.15, -0.1) is 0 Å². The van der Waals surface area contributed by atoms with Crippen LogP contribution in [0.25, 0.3) is 0 Å². The zero-order valence-corrected chi connectivity index (χ0v) is 15.1. The van der Waals surface area contributed by atoms with E-state index in [9.17, 15) is 4.79 Å². The van der Waals surface area contributed by atoms with Crippen molar-refractivity contribution >= 4 is 34.8 Å². The van der Waals surface area contributed by atoms with Gasteiger partial charge in [-0.2, -0.15) is 0 Å².